The van der Waals surface area contributed by atoms with Gasteiger partial charge in [-0.25, -0.2) is 10.3 Å². The number of carbonyl (C=O) groups excluding carboxylic acids is 2. The molecule has 0 saturated carbocycles. The molecule has 0 aromatic rings. The number of piperidine rings is 1. The summed E-state index contributed by atoms with van der Waals surface area (Å²) in [5, 5.41) is 4.14. The van der Waals surface area contributed by atoms with E-state index in [-0.39, 0.29) is 18.6 Å². The van der Waals surface area contributed by atoms with Gasteiger partial charge in [0.2, 0.25) is 0 Å². The minimum atomic E-state index is -2.58. The Bertz CT molecular complexity index is 555. The van der Waals surface area contributed by atoms with Crippen LogP contribution in [0, 0.1) is 5.92 Å². The van der Waals surface area contributed by atoms with E-state index in [4.69, 9.17) is 21.0 Å². The van der Waals surface area contributed by atoms with E-state index in [0.717, 1.165) is 18.0 Å². The van der Waals surface area contributed by atoms with Crippen LogP contribution < -0.4 is 10.8 Å². The van der Waals surface area contributed by atoms with Gasteiger partial charge in [0.1, 0.15) is 6.04 Å². The van der Waals surface area contributed by atoms with Crippen LogP contribution in [0.2, 0.25) is 0 Å². The van der Waals surface area contributed by atoms with Crippen molar-refractivity contribution >= 4 is 34.9 Å². The molecule has 3 amide bonds. The molecule has 3 aliphatic rings. The first-order valence-corrected chi connectivity index (χ1v) is 9.66. The Labute approximate surface area is 152 Å². The topological polar surface area (TPSA) is 120 Å². The zero-order valence-corrected chi connectivity index (χ0v) is 15.0. The van der Waals surface area contributed by atoms with Crippen molar-refractivity contribution in [3.63, 3.8) is 0 Å². The minimum Gasteiger partial charge on any atom is -0.311 e. The van der Waals surface area contributed by atoms with Crippen LogP contribution in [0.15, 0.2) is 0 Å². The number of hydroxylamine groups is 3. The van der Waals surface area contributed by atoms with Gasteiger partial charge < -0.3 is 10.2 Å². The molecule has 142 valence electrons. The van der Waals surface area contributed by atoms with Gasteiger partial charge in [0, 0.05) is 18.5 Å². The smallest absolute Gasteiger partial charge is 0.311 e. The lowest BCUT2D eigenvalue weighted by Gasteiger charge is -2.29. The van der Waals surface area contributed by atoms with Gasteiger partial charge in [-0.15, -0.1) is 15.9 Å². The van der Waals surface area contributed by atoms with Crippen LogP contribution in [0.4, 0.5) is 4.79 Å². The van der Waals surface area contributed by atoms with Crippen LogP contribution in [0.3, 0.4) is 0 Å². The average Bonchev–Trinajstić information content (AvgIpc) is 3.14. The van der Waals surface area contributed by atoms with Gasteiger partial charge in [-0.3, -0.25) is 14.2 Å². The molecular weight excluding hydrogens is 376 g/mol. The molecule has 0 aromatic carbocycles. The van der Waals surface area contributed by atoms with Crippen LogP contribution >= 0.6 is 11.6 Å². The van der Waals surface area contributed by atoms with Gasteiger partial charge in [0.05, 0.1) is 12.6 Å². The summed E-state index contributed by atoms with van der Waals surface area (Å²) in [7, 11) is 0. The first-order valence-electron chi connectivity index (χ1n) is 8.09. The maximum absolute atomic E-state index is 12.3. The molecule has 3 heterocycles. The van der Waals surface area contributed by atoms with E-state index in [0.29, 0.717) is 31.2 Å². The Morgan fingerprint density at radius 1 is 1.48 bits per heavy atom. The van der Waals surface area contributed by atoms with E-state index in [1.54, 1.807) is 0 Å². The van der Waals surface area contributed by atoms with Crippen molar-refractivity contribution in [2.24, 2.45) is 5.92 Å². The molecule has 3 aliphatic heterocycles. The Morgan fingerprint density at radius 3 is 2.96 bits per heavy atom. The summed E-state index contributed by atoms with van der Waals surface area (Å²) in [4.78, 5) is 31.2. The fourth-order valence-electron chi connectivity index (χ4n) is 3.50. The van der Waals surface area contributed by atoms with Crippen LogP contribution in [-0.2, 0) is 25.3 Å². The van der Waals surface area contributed by atoms with E-state index in [9.17, 15) is 13.8 Å². The van der Waals surface area contributed by atoms with Crippen molar-refractivity contribution in [2.75, 3.05) is 25.6 Å². The molecule has 3 rings (SSSR count). The van der Waals surface area contributed by atoms with E-state index >= 15 is 0 Å². The molecule has 5 atom stereocenters. The molecule has 3 N–H and O–H groups in total. The lowest BCUT2D eigenvalue weighted by atomic mass is 10.0. The van der Waals surface area contributed by atoms with Crippen molar-refractivity contribution in [3.05, 3.63) is 0 Å². The molecule has 25 heavy (non-hydrogen) atoms. The molecule has 0 radical (unpaired) electrons. The first kappa shape index (κ1) is 18.8. The Hall–Kier alpha value is -0.980. The monoisotopic (exact) mass is 396 g/mol. The first-order chi connectivity index (χ1) is 12.0. The fourth-order valence-corrected chi connectivity index (χ4v) is 4.06. The number of hydrogen-bond donors (Lipinski definition) is 3. The van der Waals surface area contributed by atoms with Crippen molar-refractivity contribution < 1.29 is 27.5 Å². The molecule has 3 saturated heterocycles. The molecule has 10 nitrogen and oxygen atoms in total. The van der Waals surface area contributed by atoms with Gasteiger partial charge in [-0.2, -0.15) is 9.27 Å². The van der Waals surface area contributed by atoms with Gasteiger partial charge >= 0.3 is 17.4 Å². The van der Waals surface area contributed by atoms with Crippen LogP contribution in [0.5, 0.6) is 0 Å². The minimum absolute atomic E-state index is 0.136. The third-order valence-electron chi connectivity index (χ3n) is 4.76. The summed E-state index contributed by atoms with van der Waals surface area (Å²) in [6, 6.07) is -1.47. The Balaban J connectivity index is 1.47. The highest BCUT2D eigenvalue weighted by Gasteiger charge is 2.48. The number of fused-ring (bicyclic) bond motifs is 2. The second kappa shape index (κ2) is 8.14. The molecular formula is C13H21ClN4O6S. The predicted molar refractivity (Wildman–Crippen MR) is 87.3 cm³/mol. The van der Waals surface area contributed by atoms with E-state index in [1.165, 1.54) is 4.90 Å². The molecule has 3 unspecified atom stereocenters. The molecule has 3 fully saturated rings. The summed E-state index contributed by atoms with van der Waals surface area (Å²) < 4.78 is 24.2. The number of urea groups is 1. The zero-order valence-electron chi connectivity index (χ0n) is 13.4. The summed E-state index contributed by atoms with van der Waals surface area (Å²) >= 11 is 3.23. The number of alkyl halides is 1. The summed E-state index contributed by atoms with van der Waals surface area (Å²) in [6.45, 7) is 1.43. The van der Waals surface area contributed by atoms with Crippen molar-refractivity contribution in [3.8, 4) is 0 Å². The normalized spacial score (nSPS) is 33.0. The Morgan fingerprint density at radius 2 is 2.28 bits per heavy atom. The molecule has 0 spiro atoms. The highest BCUT2D eigenvalue weighted by Crippen LogP contribution is 2.30. The number of halogens is 1. The maximum Gasteiger partial charge on any atom is 0.346 e. The molecule has 0 aliphatic carbocycles. The molecule has 2 bridgehead atoms. The zero-order chi connectivity index (χ0) is 18.0. The van der Waals surface area contributed by atoms with Gasteiger partial charge in [-0.1, -0.05) is 0 Å². The molecule has 0 aromatic heterocycles. The number of carbonyl (C=O) groups is 2. The van der Waals surface area contributed by atoms with Crippen LogP contribution in [-0.4, -0.2) is 74.4 Å². The van der Waals surface area contributed by atoms with E-state index in [1.807, 2.05) is 0 Å². The van der Waals surface area contributed by atoms with Gasteiger partial charge in [0.25, 0.3) is 5.91 Å². The number of amides is 3. The largest absolute Gasteiger partial charge is 0.346 e. The fraction of sp³-hybridized carbons (Fsp3) is 0.846. The second-order valence-corrected chi connectivity index (χ2v) is 7.33. The summed E-state index contributed by atoms with van der Waals surface area (Å²) in [6.07, 6.45) is 1.82. The number of hydrogen-bond acceptors (Lipinski definition) is 6. The second-order valence-electron chi connectivity index (χ2n) is 6.44. The van der Waals surface area contributed by atoms with Gasteiger partial charge in [0.15, 0.2) is 0 Å². The van der Waals surface area contributed by atoms with Crippen molar-refractivity contribution in [1.29, 1.82) is 0 Å². The standard InChI is InChI=1S/C13H21ClN4O6S/c14-4-8-3-9(15-5-8)7-23-16-12(19)11-2-1-10-6-17(11)13(20)18(10)24-25(21)22/h8-11,15H,1-7H2,(H,16,19)(H,21,22)/t8-,9+,10?,11?/m0/s1. The van der Waals surface area contributed by atoms with Gasteiger partial charge in [-0.05, 0) is 31.7 Å². The summed E-state index contributed by atoms with van der Waals surface area (Å²) in [5.74, 6) is 0.588. The highest BCUT2D eigenvalue weighted by atomic mass is 35.5. The SMILES string of the molecule is O=C(NOC[C@H]1C[C@@H](CCl)CN1)C1CCC2CN1C(=O)N2OS(=O)O. The van der Waals surface area contributed by atoms with E-state index in [2.05, 4.69) is 15.1 Å². The van der Waals surface area contributed by atoms with Crippen LogP contribution in [0.1, 0.15) is 19.3 Å². The van der Waals surface area contributed by atoms with Crippen molar-refractivity contribution in [1.82, 2.24) is 20.8 Å². The number of nitrogens with zero attached hydrogens (tertiary/aromatic N) is 2. The number of rotatable bonds is 7. The lowest BCUT2D eigenvalue weighted by Crippen LogP contribution is -2.50. The average molecular weight is 397 g/mol. The number of nitrogens with one attached hydrogen (secondary N) is 2. The third-order valence-corrected chi connectivity index (χ3v) is 5.48. The van der Waals surface area contributed by atoms with E-state index < -0.39 is 29.3 Å². The maximum atomic E-state index is 12.3. The van der Waals surface area contributed by atoms with Crippen LogP contribution in [0.25, 0.3) is 0 Å². The van der Waals surface area contributed by atoms with Crippen molar-refractivity contribution in [2.45, 2.75) is 37.4 Å². The third kappa shape index (κ3) is 4.23. The molecule has 12 heteroatoms. The highest BCUT2D eigenvalue weighted by molar-refractivity contribution is 7.74. The summed E-state index contributed by atoms with van der Waals surface area (Å²) in [5.41, 5.74) is 2.40. The lowest BCUT2D eigenvalue weighted by molar-refractivity contribution is -0.139. The quantitative estimate of drug-likeness (QED) is 0.304. The predicted octanol–water partition coefficient (Wildman–Crippen LogP) is -0.412. The Kier molecular flexibility index (Phi) is 6.12.